The van der Waals surface area contributed by atoms with Gasteiger partial charge in [-0.1, -0.05) is 30.3 Å². The molecule has 0 bridgehead atoms. The maximum absolute atomic E-state index is 5.51. The van der Waals surface area contributed by atoms with Gasteiger partial charge in [-0.05, 0) is 0 Å². The average Bonchev–Trinajstić information content (AvgIpc) is 2.07. The summed E-state index contributed by atoms with van der Waals surface area (Å²) in [5.41, 5.74) is 8.49. The second-order valence-corrected chi connectivity index (χ2v) is 1.99. The van der Waals surface area contributed by atoms with Gasteiger partial charge in [0, 0.05) is 5.56 Å². The van der Waals surface area contributed by atoms with Crippen LogP contribution >= 0.6 is 0 Å². The molecule has 5 N–H and O–H groups in total. The Hall–Kier alpha value is -1.55. The van der Waals surface area contributed by atoms with Gasteiger partial charge in [0.2, 0.25) is 0 Å². The predicted molar refractivity (Wildman–Crippen MR) is 44.5 cm³/mol. The maximum Gasteiger partial charge on any atom is 0.152 e. The molecule has 0 saturated heterocycles. The van der Waals surface area contributed by atoms with E-state index in [1.54, 1.807) is 0 Å². The fraction of sp³-hybridized carbons (Fsp3) is 0. The smallest absolute Gasteiger partial charge is 0.152 e. The normalized spacial score (nSPS) is 11.2. The van der Waals surface area contributed by atoms with Gasteiger partial charge in [0.25, 0.3) is 0 Å². The van der Waals surface area contributed by atoms with Gasteiger partial charge in [-0.2, -0.15) is 0 Å². The Labute approximate surface area is 64.9 Å². The molecule has 0 aliphatic heterocycles. The molecule has 0 amide bonds. The molecule has 1 aromatic rings. The molecule has 0 aromatic heterocycles. The Morgan fingerprint density at radius 1 is 1.27 bits per heavy atom. The van der Waals surface area contributed by atoms with Crippen molar-refractivity contribution >= 4 is 5.84 Å². The van der Waals surface area contributed by atoms with Crippen molar-refractivity contribution < 1.29 is 0 Å². The number of benzene rings is 1. The highest BCUT2D eigenvalue weighted by Crippen LogP contribution is 1.95. The van der Waals surface area contributed by atoms with Crippen LogP contribution in [0.1, 0.15) is 5.56 Å². The fourth-order valence-corrected chi connectivity index (χ4v) is 0.743. The number of hydrogen-bond acceptors (Lipinski definition) is 3. The van der Waals surface area contributed by atoms with Gasteiger partial charge in [0.15, 0.2) is 5.84 Å². The lowest BCUT2D eigenvalue weighted by molar-refractivity contribution is 0.804. The zero-order valence-electron chi connectivity index (χ0n) is 5.99. The molecule has 4 heteroatoms. The summed E-state index contributed by atoms with van der Waals surface area (Å²) >= 11 is 0. The zero-order valence-corrected chi connectivity index (χ0v) is 5.99. The molecule has 1 aromatic carbocycles. The van der Waals surface area contributed by atoms with Crippen LogP contribution in [0.15, 0.2) is 35.4 Å². The highest BCUT2D eigenvalue weighted by molar-refractivity contribution is 5.97. The van der Waals surface area contributed by atoms with E-state index in [0.29, 0.717) is 5.84 Å². The van der Waals surface area contributed by atoms with Crippen molar-refractivity contribution in [3.8, 4) is 0 Å². The van der Waals surface area contributed by atoms with E-state index >= 15 is 0 Å². The number of rotatable bonds is 2. The number of hydrogen-bond donors (Lipinski definition) is 3. The van der Waals surface area contributed by atoms with Gasteiger partial charge < -0.3 is 5.73 Å². The zero-order chi connectivity index (χ0) is 8.10. The molecule has 0 unspecified atom stereocenters. The largest absolute Gasteiger partial charge is 0.382 e. The molecule has 0 aliphatic rings. The van der Waals surface area contributed by atoms with Crippen LogP contribution in [0.3, 0.4) is 0 Å². The molecule has 0 radical (unpaired) electrons. The third-order valence-corrected chi connectivity index (χ3v) is 1.25. The van der Waals surface area contributed by atoms with Crippen LogP contribution in [0.5, 0.6) is 0 Å². The van der Waals surface area contributed by atoms with E-state index < -0.39 is 0 Å². The first-order valence-electron chi connectivity index (χ1n) is 3.19. The molecule has 0 spiro atoms. The molecule has 4 nitrogen and oxygen atoms in total. The Morgan fingerprint density at radius 3 is 2.45 bits per heavy atom. The van der Waals surface area contributed by atoms with Gasteiger partial charge in [0.05, 0.1) is 0 Å². The van der Waals surface area contributed by atoms with Gasteiger partial charge in [-0.15, -0.1) is 5.10 Å². The van der Waals surface area contributed by atoms with Crippen molar-refractivity contribution in [2.75, 3.05) is 0 Å². The van der Waals surface area contributed by atoms with E-state index in [1.165, 1.54) is 0 Å². The SMILES string of the molecule is NN/N=C(\N)c1ccccc1. The van der Waals surface area contributed by atoms with E-state index in [4.69, 9.17) is 11.6 Å². The fourth-order valence-electron chi connectivity index (χ4n) is 0.743. The molecule has 0 heterocycles. The summed E-state index contributed by atoms with van der Waals surface area (Å²) in [5, 5.41) is 3.62. The van der Waals surface area contributed by atoms with Crippen LogP contribution in [0, 0.1) is 0 Å². The average molecular weight is 150 g/mol. The lowest BCUT2D eigenvalue weighted by atomic mass is 10.2. The minimum atomic E-state index is 0.383. The highest BCUT2D eigenvalue weighted by atomic mass is 15.5. The third kappa shape index (κ3) is 1.94. The lowest BCUT2D eigenvalue weighted by Gasteiger charge is -1.97. The van der Waals surface area contributed by atoms with Crippen molar-refractivity contribution in [1.29, 1.82) is 0 Å². The monoisotopic (exact) mass is 150 g/mol. The molecule has 58 valence electrons. The number of amidine groups is 1. The van der Waals surface area contributed by atoms with E-state index in [-0.39, 0.29) is 0 Å². The molecular weight excluding hydrogens is 140 g/mol. The molecule has 0 fully saturated rings. The number of nitrogens with one attached hydrogen (secondary N) is 1. The van der Waals surface area contributed by atoms with E-state index in [1.807, 2.05) is 30.3 Å². The Kier molecular flexibility index (Phi) is 2.46. The molecular formula is C7H10N4. The van der Waals surface area contributed by atoms with Gasteiger partial charge >= 0.3 is 0 Å². The van der Waals surface area contributed by atoms with Crippen molar-refractivity contribution in [1.82, 2.24) is 5.53 Å². The molecule has 0 saturated carbocycles. The topological polar surface area (TPSA) is 76.4 Å². The van der Waals surface area contributed by atoms with Crippen LogP contribution in [0.25, 0.3) is 0 Å². The number of nitrogens with two attached hydrogens (primary N) is 2. The Morgan fingerprint density at radius 2 is 1.91 bits per heavy atom. The van der Waals surface area contributed by atoms with Gasteiger partial charge in [0.1, 0.15) is 0 Å². The summed E-state index contributed by atoms with van der Waals surface area (Å²) in [6.07, 6.45) is 0. The van der Waals surface area contributed by atoms with Gasteiger partial charge in [-0.25, -0.2) is 11.4 Å². The Bertz CT molecular complexity index is 242. The summed E-state index contributed by atoms with van der Waals surface area (Å²) in [6, 6.07) is 9.39. The quantitative estimate of drug-likeness (QED) is 0.236. The first-order valence-corrected chi connectivity index (χ1v) is 3.19. The van der Waals surface area contributed by atoms with E-state index in [0.717, 1.165) is 5.56 Å². The minimum Gasteiger partial charge on any atom is -0.382 e. The summed E-state index contributed by atoms with van der Waals surface area (Å²) in [6.45, 7) is 0. The van der Waals surface area contributed by atoms with Crippen molar-refractivity contribution in [3.05, 3.63) is 35.9 Å². The molecule has 0 aliphatic carbocycles. The second kappa shape index (κ2) is 3.58. The maximum atomic E-state index is 5.51. The van der Waals surface area contributed by atoms with E-state index in [2.05, 4.69) is 10.6 Å². The number of nitrogens with zero attached hydrogens (tertiary/aromatic N) is 1. The van der Waals surface area contributed by atoms with Crippen LogP contribution in [-0.4, -0.2) is 5.84 Å². The van der Waals surface area contributed by atoms with Crippen molar-refractivity contribution in [2.24, 2.45) is 16.7 Å². The summed E-state index contributed by atoms with van der Waals surface area (Å²) in [5.74, 6) is 5.33. The van der Waals surface area contributed by atoms with E-state index in [9.17, 15) is 0 Å². The molecule has 1 rings (SSSR count). The van der Waals surface area contributed by atoms with Crippen molar-refractivity contribution in [2.45, 2.75) is 0 Å². The number of hydrazone groups is 1. The summed E-state index contributed by atoms with van der Waals surface area (Å²) in [4.78, 5) is 0. The highest BCUT2D eigenvalue weighted by Gasteiger charge is 1.93. The standard InChI is InChI=1S/C7H10N4/c8-7(10-11-9)6-4-2-1-3-5-6/h1-5,11H,9H2,(H2,8,10). The number of hydrazine groups is 1. The summed E-state index contributed by atoms with van der Waals surface area (Å²) < 4.78 is 0. The predicted octanol–water partition coefficient (Wildman–Crippen LogP) is -0.230. The van der Waals surface area contributed by atoms with Crippen LogP contribution < -0.4 is 17.1 Å². The first-order chi connectivity index (χ1) is 5.34. The van der Waals surface area contributed by atoms with Crippen LogP contribution in [-0.2, 0) is 0 Å². The van der Waals surface area contributed by atoms with Crippen LogP contribution in [0.4, 0.5) is 0 Å². The first kappa shape index (κ1) is 7.56. The lowest BCUT2D eigenvalue weighted by Crippen LogP contribution is -2.22. The van der Waals surface area contributed by atoms with Gasteiger partial charge in [-0.3, -0.25) is 0 Å². The minimum absolute atomic E-state index is 0.383. The molecule has 11 heavy (non-hydrogen) atoms. The summed E-state index contributed by atoms with van der Waals surface area (Å²) in [7, 11) is 0. The Balaban J connectivity index is 2.85. The molecule has 0 atom stereocenters. The second-order valence-electron chi connectivity index (χ2n) is 1.99. The van der Waals surface area contributed by atoms with Crippen LogP contribution in [0.2, 0.25) is 0 Å². The van der Waals surface area contributed by atoms with Crippen molar-refractivity contribution in [3.63, 3.8) is 0 Å². The third-order valence-electron chi connectivity index (χ3n) is 1.25.